The molecule has 92 valence electrons. The first kappa shape index (κ1) is 11.5. The average Bonchev–Trinajstić information content (AvgIpc) is 2.81. The first-order valence-corrected chi connectivity index (χ1v) is 7.80. The van der Waals surface area contributed by atoms with E-state index >= 15 is 0 Å². The van der Waals surface area contributed by atoms with Crippen LogP contribution >= 0.6 is 23.5 Å². The van der Waals surface area contributed by atoms with E-state index in [9.17, 15) is 0 Å². The van der Waals surface area contributed by atoms with Gasteiger partial charge < -0.3 is 10.2 Å². The monoisotopic (exact) mass is 268 g/mol. The highest BCUT2D eigenvalue weighted by molar-refractivity contribution is 8.16. The molecule has 0 fully saturated rings. The summed E-state index contributed by atoms with van der Waals surface area (Å²) in [5, 5.41) is 10.1. The fourth-order valence-corrected chi connectivity index (χ4v) is 4.00. The third-order valence-electron chi connectivity index (χ3n) is 2.85. The first-order valence-electron chi connectivity index (χ1n) is 5.87. The van der Waals surface area contributed by atoms with Crippen LogP contribution in [0.5, 0.6) is 0 Å². The first-order chi connectivity index (χ1) is 8.43. The largest absolute Gasteiger partial charge is 0.368 e. The lowest BCUT2D eigenvalue weighted by Crippen LogP contribution is -2.40. The van der Waals surface area contributed by atoms with Gasteiger partial charge in [0.2, 0.25) is 0 Å². The minimum atomic E-state index is 0.330. The Morgan fingerprint density at radius 3 is 3.47 bits per heavy atom. The zero-order valence-electron chi connectivity index (χ0n) is 9.56. The molecule has 17 heavy (non-hydrogen) atoms. The molecule has 0 bridgehead atoms. The third kappa shape index (κ3) is 2.64. The van der Waals surface area contributed by atoms with Gasteiger partial charge in [0, 0.05) is 31.1 Å². The van der Waals surface area contributed by atoms with Gasteiger partial charge in [-0.05, 0) is 18.0 Å². The molecule has 6 heteroatoms. The number of aliphatic imine (C=N–C) groups is 1. The van der Waals surface area contributed by atoms with Gasteiger partial charge in [0.15, 0.2) is 5.17 Å². The van der Waals surface area contributed by atoms with Gasteiger partial charge in [0.05, 0.1) is 0 Å². The highest BCUT2D eigenvalue weighted by atomic mass is 32.2. The molecule has 1 unspecified atom stereocenters. The summed E-state index contributed by atoms with van der Waals surface area (Å²) in [5.74, 6) is 1.03. The number of nitrogens with zero attached hydrogens (tertiary/aromatic N) is 2. The molecule has 4 nitrogen and oxygen atoms in total. The van der Waals surface area contributed by atoms with Gasteiger partial charge in [-0.2, -0.15) is 0 Å². The summed E-state index contributed by atoms with van der Waals surface area (Å²) in [4.78, 5) is 6.90. The topological polar surface area (TPSA) is 39.7 Å². The van der Waals surface area contributed by atoms with Crippen LogP contribution in [0.4, 0.5) is 0 Å². The Labute approximate surface area is 110 Å². The molecule has 2 N–H and O–H groups in total. The normalized spacial score (nSPS) is 27.3. The molecule has 3 aliphatic rings. The van der Waals surface area contributed by atoms with Gasteiger partial charge in [-0.1, -0.05) is 17.8 Å². The predicted molar refractivity (Wildman–Crippen MR) is 75.8 cm³/mol. The second kappa shape index (κ2) is 5.37. The molecule has 0 aromatic rings. The fraction of sp³-hybridized carbons (Fsp3) is 0.545. The molecule has 0 amide bonds. The van der Waals surface area contributed by atoms with Gasteiger partial charge in [0.25, 0.3) is 0 Å². The van der Waals surface area contributed by atoms with Crippen LogP contribution in [-0.4, -0.2) is 41.0 Å². The maximum Gasteiger partial charge on any atom is 0.167 e. The Hall–Kier alpha value is -0.590. The molecular weight excluding hydrogens is 252 g/mol. The van der Waals surface area contributed by atoms with Gasteiger partial charge >= 0.3 is 0 Å². The van der Waals surface area contributed by atoms with Crippen molar-refractivity contribution in [1.82, 2.24) is 15.5 Å². The summed E-state index contributed by atoms with van der Waals surface area (Å²) >= 11 is 3.67. The SMILES string of the molecule is C1=CNC(SCC2=CSC3=NCCCN23)NC1. The van der Waals surface area contributed by atoms with Crippen LogP contribution in [-0.2, 0) is 0 Å². The molecule has 0 aromatic carbocycles. The van der Waals surface area contributed by atoms with Crippen molar-refractivity contribution in [2.75, 3.05) is 25.4 Å². The molecule has 0 saturated heterocycles. The zero-order chi connectivity index (χ0) is 11.5. The predicted octanol–water partition coefficient (Wildman–Crippen LogP) is 1.36. The molecule has 3 heterocycles. The van der Waals surface area contributed by atoms with E-state index in [-0.39, 0.29) is 0 Å². The summed E-state index contributed by atoms with van der Waals surface area (Å²) in [6.07, 6.45) is 5.30. The van der Waals surface area contributed by atoms with Crippen molar-refractivity contribution in [2.45, 2.75) is 11.9 Å². The molecular formula is C11H16N4S2. The quantitative estimate of drug-likeness (QED) is 0.809. The van der Waals surface area contributed by atoms with Crippen LogP contribution in [0.15, 0.2) is 28.4 Å². The minimum absolute atomic E-state index is 0.330. The van der Waals surface area contributed by atoms with Crippen molar-refractivity contribution in [3.05, 3.63) is 23.4 Å². The van der Waals surface area contributed by atoms with Crippen LogP contribution < -0.4 is 10.6 Å². The van der Waals surface area contributed by atoms with E-state index in [2.05, 4.69) is 32.0 Å². The van der Waals surface area contributed by atoms with E-state index in [1.165, 1.54) is 17.3 Å². The number of fused-ring (bicyclic) bond motifs is 1. The minimum Gasteiger partial charge on any atom is -0.368 e. The van der Waals surface area contributed by atoms with E-state index in [1.807, 2.05) is 18.0 Å². The number of amidine groups is 1. The highest BCUT2D eigenvalue weighted by Crippen LogP contribution is 2.31. The molecule has 0 radical (unpaired) electrons. The van der Waals surface area contributed by atoms with Crippen LogP contribution in [0.2, 0.25) is 0 Å². The van der Waals surface area contributed by atoms with Gasteiger partial charge in [0.1, 0.15) is 5.50 Å². The van der Waals surface area contributed by atoms with Gasteiger partial charge in [-0.25, -0.2) is 0 Å². The molecule has 0 saturated carbocycles. The van der Waals surface area contributed by atoms with E-state index in [0.717, 1.165) is 25.4 Å². The van der Waals surface area contributed by atoms with Crippen molar-refractivity contribution in [2.24, 2.45) is 4.99 Å². The van der Waals surface area contributed by atoms with Crippen LogP contribution in [0, 0.1) is 0 Å². The highest BCUT2D eigenvalue weighted by Gasteiger charge is 2.25. The maximum absolute atomic E-state index is 4.54. The van der Waals surface area contributed by atoms with Gasteiger partial charge in [-0.15, -0.1) is 11.8 Å². The Morgan fingerprint density at radius 2 is 2.59 bits per heavy atom. The van der Waals surface area contributed by atoms with Crippen LogP contribution in [0.25, 0.3) is 0 Å². The summed E-state index contributed by atoms with van der Waals surface area (Å²) < 4.78 is 0. The molecule has 0 aliphatic carbocycles. The lowest BCUT2D eigenvalue weighted by Gasteiger charge is -2.27. The Bertz CT molecular complexity index is 378. The maximum atomic E-state index is 4.54. The van der Waals surface area contributed by atoms with Crippen molar-refractivity contribution >= 4 is 28.7 Å². The average molecular weight is 268 g/mol. The smallest absolute Gasteiger partial charge is 0.167 e. The van der Waals surface area contributed by atoms with Crippen molar-refractivity contribution in [1.29, 1.82) is 0 Å². The van der Waals surface area contributed by atoms with E-state index in [4.69, 9.17) is 0 Å². The Morgan fingerprint density at radius 1 is 1.59 bits per heavy atom. The van der Waals surface area contributed by atoms with E-state index < -0.39 is 0 Å². The second-order valence-electron chi connectivity index (χ2n) is 4.06. The summed E-state index contributed by atoms with van der Waals surface area (Å²) in [6.45, 7) is 3.07. The van der Waals surface area contributed by atoms with Crippen LogP contribution in [0.1, 0.15) is 6.42 Å². The molecule has 3 aliphatic heterocycles. The Kier molecular flexibility index (Phi) is 3.63. The number of nitrogens with one attached hydrogen (secondary N) is 2. The molecule has 0 aromatic heterocycles. The fourth-order valence-electron chi connectivity index (χ4n) is 1.97. The second-order valence-corrected chi connectivity index (χ2v) is 5.99. The van der Waals surface area contributed by atoms with E-state index in [0.29, 0.717) is 5.50 Å². The number of hydrogen-bond donors (Lipinski definition) is 2. The molecule has 0 spiro atoms. The zero-order valence-corrected chi connectivity index (χ0v) is 11.2. The summed E-state index contributed by atoms with van der Waals surface area (Å²) in [7, 11) is 0. The Balaban J connectivity index is 1.54. The molecule has 1 atom stereocenters. The third-order valence-corrected chi connectivity index (χ3v) is 4.90. The molecule has 3 rings (SSSR count). The lowest BCUT2D eigenvalue weighted by molar-refractivity contribution is 0.490. The van der Waals surface area contributed by atoms with Crippen molar-refractivity contribution in [3.63, 3.8) is 0 Å². The van der Waals surface area contributed by atoms with Crippen LogP contribution in [0.3, 0.4) is 0 Å². The summed E-state index contributed by atoms with van der Waals surface area (Å²) in [6, 6.07) is 0. The summed E-state index contributed by atoms with van der Waals surface area (Å²) in [5.41, 5.74) is 1.73. The van der Waals surface area contributed by atoms with Gasteiger partial charge in [-0.3, -0.25) is 10.3 Å². The lowest BCUT2D eigenvalue weighted by atomic mass is 10.3. The number of rotatable bonds is 3. The van der Waals surface area contributed by atoms with Crippen molar-refractivity contribution < 1.29 is 0 Å². The van der Waals surface area contributed by atoms with Crippen molar-refractivity contribution in [3.8, 4) is 0 Å². The number of thioether (sulfide) groups is 2. The standard InChI is InChI=1S/C11H16N4S2/c1-3-12-10(13-4-1)16-7-9-8-17-11-14-5-2-6-15(9)11/h1,3,8,10,12-13H,2,4-7H2. The van der Waals surface area contributed by atoms with E-state index in [1.54, 1.807) is 11.8 Å². The number of hydrogen-bond acceptors (Lipinski definition) is 6.